The quantitative estimate of drug-likeness (QED) is 0.0195. The third kappa shape index (κ3) is 61.7. The van der Waals surface area contributed by atoms with E-state index in [0.29, 0.717) is 17.4 Å². The molecule has 0 saturated carbocycles. The Morgan fingerprint density at radius 3 is 1.04 bits per heavy atom. The Balaban J connectivity index is 4.00. The third-order valence-corrected chi connectivity index (χ3v) is 15.9. The van der Waals surface area contributed by atoms with Crippen LogP contribution in [0.4, 0.5) is 0 Å². The summed E-state index contributed by atoms with van der Waals surface area (Å²) in [7, 11) is 1.18. The predicted molar refractivity (Wildman–Crippen MR) is 324 cm³/mol. The van der Waals surface area contributed by atoms with Gasteiger partial charge in [0.25, 0.3) is 7.82 Å². The van der Waals surface area contributed by atoms with Gasteiger partial charge in [0.05, 0.1) is 27.7 Å². The van der Waals surface area contributed by atoms with Crippen molar-refractivity contribution in [2.45, 2.75) is 341 Å². The second-order valence-electron chi connectivity index (χ2n) is 23.8. The molecule has 0 saturated heterocycles. The van der Waals surface area contributed by atoms with Gasteiger partial charge in [-0.15, -0.1) is 0 Å². The van der Waals surface area contributed by atoms with Crippen LogP contribution in [0.15, 0.2) is 24.3 Å². The van der Waals surface area contributed by atoms with Gasteiger partial charge in [-0.05, 0) is 44.9 Å². The molecule has 0 spiro atoms. The summed E-state index contributed by atoms with van der Waals surface area (Å²) in [5, 5.41) is 0. The average Bonchev–Trinajstić information content (AvgIpc) is 3.38. The fourth-order valence-corrected chi connectivity index (χ4v) is 10.6. The van der Waals surface area contributed by atoms with Crippen LogP contribution in [0.25, 0.3) is 0 Å². The maximum absolute atomic E-state index is 12.8. The summed E-state index contributed by atoms with van der Waals surface area (Å²) in [6.07, 6.45) is 71.1. The summed E-state index contributed by atoms with van der Waals surface area (Å²) < 4.78 is 34.3. The largest absolute Gasteiger partial charge is 0.756 e. The van der Waals surface area contributed by atoms with Crippen molar-refractivity contribution in [1.82, 2.24) is 0 Å². The van der Waals surface area contributed by atoms with Crippen LogP contribution in [-0.4, -0.2) is 70.0 Å². The lowest BCUT2D eigenvalue weighted by Crippen LogP contribution is -2.37. The van der Waals surface area contributed by atoms with Gasteiger partial charge < -0.3 is 27.9 Å². The fourth-order valence-electron chi connectivity index (χ4n) is 9.87. The third-order valence-electron chi connectivity index (χ3n) is 15.0. The smallest absolute Gasteiger partial charge is 0.306 e. The van der Waals surface area contributed by atoms with E-state index in [0.717, 1.165) is 51.4 Å². The molecule has 2 unspecified atom stereocenters. The Kier molecular flexibility index (Phi) is 57.0. The highest BCUT2D eigenvalue weighted by molar-refractivity contribution is 7.45. The van der Waals surface area contributed by atoms with E-state index >= 15 is 0 Å². The summed E-state index contributed by atoms with van der Waals surface area (Å²) in [6, 6.07) is 0. The number of hydrogen-bond donors (Lipinski definition) is 0. The van der Waals surface area contributed by atoms with E-state index < -0.39 is 26.5 Å². The van der Waals surface area contributed by atoms with Crippen molar-refractivity contribution in [2.75, 3.05) is 47.5 Å². The Morgan fingerprint density at radius 1 is 0.408 bits per heavy atom. The highest BCUT2D eigenvalue weighted by atomic mass is 31.2. The van der Waals surface area contributed by atoms with Gasteiger partial charge in [-0.2, -0.15) is 0 Å². The zero-order valence-electron chi connectivity index (χ0n) is 51.2. The minimum Gasteiger partial charge on any atom is -0.756 e. The maximum Gasteiger partial charge on any atom is 0.306 e. The van der Waals surface area contributed by atoms with Crippen LogP contribution < -0.4 is 4.89 Å². The minimum atomic E-state index is -4.64. The van der Waals surface area contributed by atoms with Crippen molar-refractivity contribution < 1.29 is 42.1 Å². The summed E-state index contributed by atoms with van der Waals surface area (Å²) in [6.45, 7) is 4.29. The SMILES string of the molecule is CCCCCCC/C=C\C/C=C\CCCCCCCCCCCC(=O)OC(COC(=O)CCCCCCCCCCCCCCCCCCCCCCCCCCCCCCCCC)COP(=O)([O-])OCC[N+](C)(C)C. The number of carbonyl (C=O) groups excluding carboxylic acids is 2. The van der Waals surface area contributed by atoms with Gasteiger partial charge in [0.2, 0.25) is 0 Å². The molecule has 9 nitrogen and oxygen atoms in total. The molecule has 0 aliphatic carbocycles. The highest BCUT2D eigenvalue weighted by Crippen LogP contribution is 2.38. The second kappa shape index (κ2) is 58.2. The van der Waals surface area contributed by atoms with E-state index in [4.69, 9.17) is 18.5 Å². The van der Waals surface area contributed by atoms with Crippen LogP contribution in [0.3, 0.4) is 0 Å². The Labute approximate surface area is 472 Å². The molecule has 0 rings (SSSR count). The standard InChI is InChI=1S/C66H128NO8P/c1-6-8-10-12-14-16-18-20-22-24-26-28-29-30-31-32-33-34-35-36-37-39-40-42-44-46-48-50-52-54-56-58-65(68)72-62-64(63-74-76(70,71)73-61-60-67(3,4)5)75-66(69)59-57-55-53-51-49-47-45-43-41-38-27-25-23-21-19-17-15-13-11-9-7-2/h19,21,25,27,64H,6-18,20,22-24,26,28-63H2,1-5H3/b21-19-,27-25-. The van der Waals surface area contributed by atoms with E-state index in [2.05, 4.69) is 38.2 Å². The molecule has 10 heteroatoms. The Bertz CT molecular complexity index is 1330. The number of unbranched alkanes of at least 4 members (excludes halogenated alkanes) is 44. The van der Waals surface area contributed by atoms with Gasteiger partial charge in [0.15, 0.2) is 6.10 Å². The molecule has 0 bridgehead atoms. The van der Waals surface area contributed by atoms with Crippen molar-refractivity contribution in [3.8, 4) is 0 Å². The molecule has 0 radical (unpaired) electrons. The predicted octanol–water partition coefficient (Wildman–Crippen LogP) is 20.3. The van der Waals surface area contributed by atoms with Crippen molar-refractivity contribution in [1.29, 1.82) is 0 Å². The molecular formula is C66H128NO8P. The molecule has 0 aromatic rings. The molecule has 0 fully saturated rings. The number of carbonyl (C=O) groups is 2. The number of quaternary nitrogens is 1. The van der Waals surface area contributed by atoms with Gasteiger partial charge >= 0.3 is 11.9 Å². The maximum atomic E-state index is 12.8. The zero-order valence-corrected chi connectivity index (χ0v) is 52.1. The summed E-state index contributed by atoms with van der Waals surface area (Å²) in [5.74, 6) is -0.819. The first-order valence-corrected chi connectivity index (χ1v) is 34.5. The van der Waals surface area contributed by atoms with E-state index in [1.807, 2.05) is 21.1 Å². The van der Waals surface area contributed by atoms with Crippen molar-refractivity contribution >= 4 is 19.8 Å². The average molecular weight is 1090 g/mol. The number of esters is 2. The number of hydrogen-bond acceptors (Lipinski definition) is 8. The minimum absolute atomic E-state index is 0.0291. The first-order valence-electron chi connectivity index (χ1n) is 33.0. The number of likely N-dealkylation sites (N-methyl/N-ethyl adjacent to an activating group) is 1. The van der Waals surface area contributed by atoms with Crippen molar-refractivity contribution in [3.05, 3.63) is 24.3 Å². The molecule has 0 heterocycles. The highest BCUT2D eigenvalue weighted by Gasteiger charge is 2.22. The van der Waals surface area contributed by atoms with E-state index in [9.17, 15) is 19.0 Å². The lowest BCUT2D eigenvalue weighted by molar-refractivity contribution is -0.870. The Morgan fingerprint density at radius 2 is 0.711 bits per heavy atom. The topological polar surface area (TPSA) is 111 Å². The van der Waals surface area contributed by atoms with Crippen LogP contribution in [0.1, 0.15) is 335 Å². The van der Waals surface area contributed by atoms with Gasteiger partial charge in [0, 0.05) is 12.8 Å². The van der Waals surface area contributed by atoms with Gasteiger partial charge in [-0.25, -0.2) is 0 Å². The Hall–Kier alpha value is -1.51. The van der Waals surface area contributed by atoms with Gasteiger partial charge in [-0.3, -0.25) is 14.2 Å². The lowest BCUT2D eigenvalue weighted by atomic mass is 10.0. The van der Waals surface area contributed by atoms with E-state index in [-0.39, 0.29) is 32.0 Å². The summed E-state index contributed by atoms with van der Waals surface area (Å²) in [5.41, 5.74) is 0. The summed E-state index contributed by atoms with van der Waals surface area (Å²) >= 11 is 0. The van der Waals surface area contributed by atoms with Crippen molar-refractivity contribution in [2.24, 2.45) is 0 Å². The van der Waals surface area contributed by atoms with E-state index in [1.54, 1.807) is 0 Å². The number of phosphoric ester groups is 1. The monoisotopic (exact) mass is 1090 g/mol. The number of allylic oxidation sites excluding steroid dienone is 4. The van der Waals surface area contributed by atoms with Gasteiger partial charge in [-0.1, -0.05) is 301 Å². The normalized spacial score (nSPS) is 13.3. The molecule has 0 aliphatic rings. The molecule has 0 N–H and O–H groups in total. The van der Waals surface area contributed by atoms with Crippen molar-refractivity contribution in [3.63, 3.8) is 0 Å². The van der Waals surface area contributed by atoms with Crippen LogP contribution in [0.5, 0.6) is 0 Å². The first-order chi connectivity index (χ1) is 37.0. The number of phosphoric acid groups is 1. The lowest BCUT2D eigenvalue weighted by Gasteiger charge is -2.28. The number of nitrogens with zero attached hydrogens (tertiary/aromatic N) is 1. The molecule has 2 atom stereocenters. The zero-order chi connectivity index (χ0) is 55.6. The molecule has 0 aliphatic heterocycles. The molecule has 0 amide bonds. The van der Waals surface area contributed by atoms with Crippen LogP contribution in [-0.2, 0) is 32.7 Å². The van der Waals surface area contributed by atoms with Crippen LogP contribution in [0.2, 0.25) is 0 Å². The fraction of sp³-hybridized carbons (Fsp3) is 0.909. The molecule has 0 aromatic heterocycles. The second-order valence-corrected chi connectivity index (χ2v) is 25.3. The molecule has 0 aromatic carbocycles. The molecular weight excluding hydrogens is 966 g/mol. The summed E-state index contributed by atoms with van der Waals surface area (Å²) in [4.78, 5) is 38.0. The number of rotatable bonds is 62. The first kappa shape index (κ1) is 74.5. The van der Waals surface area contributed by atoms with Crippen LogP contribution >= 0.6 is 7.82 Å². The van der Waals surface area contributed by atoms with E-state index in [1.165, 1.54) is 250 Å². The van der Waals surface area contributed by atoms with Gasteiger partial charge in [0.1, 0.15) is 19.8 Å². The molecule has 76 heavy (non-hydrogen) atoms. The van der Waals surface area contributed by atoms with Crippen LogP contribution in [0, 0.1) is 0 Å². The number of ether oxygens (including phenoxy) is 2. The molecule has 450 valence electrons.